The molecular formula is C24H48N2O. The van der Waals surface area contributed by atoms with Crippen molar-refractivity contribution in [3.05, 3.63) is 12.2 Å². The molecule has 3 heteroatoms. The first kappa shape index (κ1) is 26.2. The van der Waals surface area contributed by atoms with Gasteiger partial charge in [0.1, 0.15) is 0 Å². The second-order valence-corrected chi connectivity index (χ2v) is 7.83. The molecule has 0 aliphatic heterocycles. The van der Waals surface area contributed by atoms with Gasteiger partial charge in [-0.3, -0.25) is 4.79 Å². The monoisotopic (exact) mass is 380 g/mol. The third-order valence-electron chi connectivity index (χ3n) is 5.50. The van der Waals surface area contributed by atoms with Crippen LogP contribution in [-0.4, -0.2) is 30.4 Å². The highest BCUT2D eigenvalue weighted by Gasteiger charge is 2.20. The van der Waals surface area contributed by atoms with Crippen molar-refractivity contribution >= 4 is 5.91 Å². The van der Waals surface area contributed by atoms with Gasteiger partial charge < -0.3 is 10.6 Å². The maximum absolute atomic E-state index is 12.5. The Morgan fingerprint density at radius 1 is 0.852 bits per heavy atom. The minimum absolute atomic E-state index is 0.189. The van der Waals surface area contributed by atoms with E-state index in [-0.39, 0.29) is 5.92 Å². The first-order valence-corrected chi connectivity index (χ1v) is 11.8. The van der Waals surface area contributed by atoms with E-state index in [0.717, 1.165) is 19.4 Å². The number of rotatable bonds is 19. The molecule has 1 amide bonds. The summed E-state index contributed by atoms with van der Waals surface area (Å²) in [5, 5.41) is 0. The van der Waals surface area contributed by atoms with Crippen LogP contribution in [0.3, 0.4) is 0 Å². The molecule has 0 rings (SSSR count). The number of hydrogen-bond donors (Lipinski definition) is 1. The van der Waals surface area contributed by atoms with Crippen LogP contribution in [0.1, 0.15) is 111 Å². The average molecular weight is 381 g/mol. The summed E-state index contributed by atoms with van der Waals surface area (Å²) < 4.78 is 0. The molecule has 0 aromatic carbocycles. The van der Waals surface area contributed by atoms with Gasteiger partial charge in [0.25, 0.3) is 0 Å². The number of likely N-dealkylation sites (N-methyl/N-ethyl adjacent to an activating group) is 1. The molecule has 3 nitrogen and oxygen atoms in total. The van der Waals surface area contributed by atoms with Crippen molar-refractivity contribution in [2.45, 2.75) is 111 Å². The van der Waals surface area contributed by atoms with Crippen molar-refractivity contribution in [2.24, 2.45) is 11.7 Å². The second-order valence-electron chi connectivity index (χ2n) is 7.83. The molecule has 0 heterocycles. The molecule has 160 valence electrons. The summed E-state index contributed by atoms with van der Waals surface area (Å²) in [6, 6.07) is 0. The van der Waals surface area contributed by atoms with Gasteiger partial charge in [-0.2, -0.15) is 0 Å². The summed E-state index contributed by atoms with van der Waals surface area (Å²) >= 11 is 0. The molecule has 0 fully saturated rings. The Balaban J connectivity index is 3.63. The largest absolute Gasteiger partial charge is 0.341 e. The molecular weight excluding hydrogens is 332 g/mol. The first-order chi connectivity index (χ1) is 13.2. The van der Waals surface area contributed by atoms with Crippen molar-refractivity contribution in [3.63, 3.8) is 0 Å². The zero-order valence-corrected chi connectivity index (χ0v) is 18.7. The third kappa shape index (κ3) is 14.8. The summed E-state index contributed by atoms with van der Waals surface area (Å²) in [4.78, 5) is 14.4. The SMILES string of the molecule is CCCCCCCC/C=C\CCCCCCC(CC)C(=O)N(CC)CCN. The van der Waals surface area contributed by atoms with Crippen LogP contribution in [0.25, 0.3) is 0 Å². The maximum Gasteiger partial charge on any atom is 0.225 e. The number of carbonyl (C=O) groups is 1. The van der Waals surface area contributed by atoms with E-state index >= 15 is 0 Å². The summed E-state index contributed by atoms with van der Waals surface area (Å²) in [5.41, 5.74) is 5.62. The van der Waals surface area contributed by atoms with Gasteiger partial charge in [0.2, 0.25) is 5.91 Å². The summed E-state index contributed by atoms with van der Waals surface area (Å²) in [6.45, 7) is 8.47. The van der Waals surface area contributed by atoms with E-state index in [4.69, 9.17) is 5.73 Å². The maximum atomic E-state index is 12.5. The van der Waals surface area contributed by atoms with E-state index in [1.807, 2.05) is 11.8 Å². The van der Waals surface area contributed by atoms with E-state index < -0.39 is 0 Å². The molecule has 0 saturated heterocycles. The number of unbranched alkanes of at least 4 members (excludes halogenated alkanes) is 10. The normalized spacial score (nSPS) is 12.6. The van der Waals surface area contributed by atoms with Gasteiger partial charge in [-0.05, 0) is 45.4 Å². The lowest BCUT2D eigenvalue weighted by Crippen LogP contribution is -2.39. The molecule has 1 unspecified atom stereocenters. The average Bonchev–Trinajstić information content (AvgIpc) is 2.68. The highest BCUT2D eigenvalue weighted by Crippen LogP contribution is 2.17. The van der Waals surface area contributed by atoms with Crippen molar-refractivity contribution in [1.29, 1.82) is 0 Å². The van der Waals surface area contributed by atoms with Gasteiger partial charge in [-0.1, -0.05) is 77.4 Å². The van der Waals surface area contributed by atoms with Gasteiger partial charge in [0.15, 0.2) is 0 Å². The fourth-order valence-corrected chi connectivity index (χ4v) is 3.63. The van der Waals surface area contributed by atoms with Crippen molar-refractivity contribution in [3.8, 4) is 0 Å². The van der Waals surface area contributed by atoms with Gasteiger partial charge in [-0.25, -0.2) is 0 Å². The fourth-order valence-electron chi connectivity index (χ4n) is 3.63. The van der Waals surface area contributed by atoms with Crippen LogP contribution in [0.2, 0.25) is 0 Å². The molecule has 0 aromatic heterocycles. The standard InChI is InChI=1S/C24H48N2O/c1-4-7-8-9-10-11-12-13-14-15-16-17-18-19-20-23(5-2)24(27)26(6-3)22-21-25/h13-14,23H,4-12,15-22,25H2,1-3H3/b14-13-. The van der Waals surface area contributed by atoms with Crippen molar-refractivity contribution < 1.29 is 4.79 Å². The predicted molar refractivity (Wildman–Crippen MR) is 120 cm³/mol. The molecule has 0 aromatic rings. The number of allylic oxidation sites excluding steroid dienone is 2. The van der Waals surface area contributed by atoms with Gasteiger partial charge in [0.05, 0.1) is 0 Å². The number of carbonyl (C=O) groups excluding carboxylic acids is 1. The van der Waals surface area contributed by atoms with Crippen LogP contribution in [0.15, 0.2) is 12.2 Å². The highest BCUT2D eigenvalue weighted by molar-refractivity contribution is 5.78. The smallest absolute Gasteiger partial charge is 0.225 e. The van der Waals surface area contributed by atoms with Crippen molar-refractivity contribution in [2.75, 3.05) is 19.6 Å². The van der Waals surface area contributed by atoms with Crippen LogP contribution >= 0.6 is 0 Å². The van der Waals surface area contributed by atoms with Gasteiger partial charge in [-0.15, -0.1) is 0 Å². The third-order valence-corrected chi connectivity index (χ3v) is 5.50. The molecule has 0 aliphatic rings. The predicted octanol–water partition coefficient (Wildman–Crippen LogP) is 6.47. The highest BCUT2D eigenvalue weighted by atomic mass is 16.2. The number of hydrogen-bond acceptors (Lipinski definition) is 2. The van der Waals surface area contributed by atoms with Crippen LogP contribution < -0.4 is 5.73 Å². The zero-order valence-electron chi connectivity index (χ0n) is 18.7. The van der Waals surface area contributed by atoms with E-state index in [0.29, 0.717) is 19.0 Å². The first-order valence-electron chi connectivity index (χ1n) is 11.8. The molecule has 0 radical (unpaired) electrons. The Morgan fingerprint density at radius 2 is 1.41 bits per heavy atom. The molecule has 1 atom stereocenters. The van der Waals surface area contributed by atoms with Gasteiger partial charge >= 0.3 is 0 Å². The summed E-state index contributed by atoms with van der Waals surface area (Å²) in [5.74, 6) is 0.497. The van der Waals surface area contributed by atoms with Crippen LogP contribution in [0.5, 0.6) is 0 Å². The summed E-state index contributed by atoms with van der Waals surface area (Å²) in [7, 11) is 0. The second kappa shape index (κ2) is 19.9. The van der Waals surface area contributed by atoms with Crippen LogP contribution in [0, 0.1) is 5.92 Å². The van der Waals surface area contributed by atoms with E-state index in [1.165, 1.54) is 77.0 Å². The van der Waals surface area contributed by atoms with E-state index in [9.17, 15) is 4.79 Å². The molecule has 0 saturated carbocycles. The number of nitrogens with two attached hydrogens (primary N) is 1. The van der Waals surface area contributed by atoms with Crippen LogP contribution in [0.4, 0.5) is 0 Å². The Kier molecular flexibility index (Phi) is 19.3. The minimum Gasteiger partial charge on any atom is -0.341 e. The lowest BCUT2D eigenvalue weighted by molar-refractivity contribution is -0.135. The molecule has 0 aliphatic carbocycles. The molecule has 0 bridgehead atoms. The molecule has 27 heavy (non-hydrogen) atoms. The van der Waals surface area contributed by atoms with Crippen LogP contribution in [-0.2, 0) is 4.79 Å². The number of nitrogens with zero attached hydrogens (tertiary/aromatic N) is 1. The Bertz CT molecular complexity index is 354. The lowest BCUT2D eigenvalue weighted by Gasteiger charge is -2.25. The Labute approximate surface area is 170 Å². The van der Waals surface area contributed by atoms with Gasteiger partial charge in [0, 0.05) is 25.6 Å². The lowest BCUT2D eigenvalue weighted by atomic mass is 9.96. The minimum atomic E-state index is 0.189. The van der Waals surface area contributed by atoms with E-state index in [1.54, 1.807) is 0 Å². The number of amides is 1. The fraction of sp³-hybridized carbons (Fsp3) is 0.875. The zero-order chi connectivity index (χ0) is 20.2. The molecule has 2 N–H and O–H groups in total. The Morgan fingerprint density at radius 3 is 1.93 bits per heavy atom. The quantitative estimate of drug-likeness (QED) is 0.206. The van der Waals surface area contributed by atoms with Crippen molar-refractivity contribution in [1.82, 2.24) is 4.90 Å². The molecule has 0 spiro atoms. The summed E-state index contributed by atoms with van der Waals surface area (Å²) in [6.07, 6.45) is 22.5. The Hall–Kier alpha value is -0.830. The topological polar surface area (TPSA) is 46.3 Å². The van der Waals surface area contributed by atoms with E-state index in [2.05, 4.69) is 26.0 Å².